The number of aromatic nitrogens is 1. The van der Waals surface area contributed by atoms with Crippen molar-refractivity contribution in [3.8, 4) is 0 Å². The number of alkyl halides is 3. The average Bonchev–Trinajstić information content (AvgIpc) is 2.03. The number of rotatable bonds is 1. The number of hydrogen-bond acceptors (Lipinski definition) is 2. The van der Waals surface area contributed by atoms with Gasteiger partial charge in [0.2, 0.25) is 0 Å². The first kappa shape index (κ1) is 9.34. The van der Waals surface area contributed by atoms with Crippen LogP contribution in [0.1, 0.15) is 0 Å². The van der Waals surface area contributed by atoms with Crippen LogP contribution in [-0.2, 0) is 11.2 Å². The van der Waals surface area contributed by atoms with E-state index in [1.54, 1.807) is 0 Å². The van der Waals surface area contributed by atoms with Crippen LogP contribution in [0.3, 0.4) is 0 Å². The van der Waals surface area contributed by atoms with Gasteiger partial charge in [-0.2, -0.15) is 0 Å². The molecule has 0 aliphatic carbocycles. The van der Waals surface area contributed by atoms with Crippen LogP contribution in [0, 0.1) is 6.20 Å². The first-order valence-electron chi connectivity index (χ1n) is 2.82. The van der Waals surface area contributed by atoms with Gasteiger partial charge in [0.25, 0.3) is 0 Å². The average molecular weight is 194 g/mol. The molecule has 1 atom stereocenters. The Morgan fingerprint density at radius 3 is 2.58 bits per heavy atom. The zero-order chi connectivity index (χ0) is 9.19. The first-order valence-corrected chi connectivity index (χ1v) is 3.97. The van der Waals surface area contributed by atoms with E-state index >= 15 is 0 Å². The fraction of sp³-hybridized carbons (Fsp3) is 0.167. The molecular formula is C6H3F3NOS. The second-order valence-corrected chi connectivity index (χ2v) is 3.31. The van der Waals surface area contributed by atoms with E-state index in [2.05, 4.69) is 11.2 Å². The standard InChI is InChI=1S/C6H3F3NOS/c7-6(8,9)12(11)5-1-3-10-4-2-5/h1-3H. The van der Waals surface area contributed by atoms with Crippen LogP contribution in [0.25, 0.3) is 0 Å². The highest BCUT2D eigenvalue weighted by Crippen LogP contribution is 2.29. The Morgan fingerprint density at radius 1 is 1.50 bits per heavy atom. The molecule has 0 fully saturated rings. The summed E-state index contributed by atoms with van der Waals surface area (Å²) in [7, 11) is 0. The number of nitrogens with zero attached hydrogens (tertiary/aromatic N) is 1. The van der Waals surface area contributed by atoms with E-state index < -0.39 is 16.7 Å². The Morgan fingerprint density at radius 2 is 2.17 bits per heavy atom. The van der Waals surface area contributed by atoms with Crippen molar-refractivity contribution >= 4 is 11.2 Å². The van der Waals surface area contributed by atoms with E-state index in [9.17, 15) is 17.7 Å². The van der Waals surface area contributed by atoms with Gasteiger partial charge in [0.1, 0.15) is 0 Å². The van der Waals surface area contributed by atoms with Crippen molar-refractivity contribution in [3.63, 3.8) is 0 Å². The summed E-state index contributed by atoms with van der Waals surface area (Å²) in [6, 6.07) is 1.99. The Bertz CT molecular complexity index is 251. The van der Waals surface area contributed by atoms with E-state index in [1.165, 1.54) is 0 Å². The van der Waals surface area contributed by atoms with Crippen molar-refractivity contribution in [3.05, 3.63) is 24.5 Å². The summed E-state index contributed by atoms with van der Waals surface area (Å²) < 4.78 is 46.0. The lowest BCUT2D eigenvalue weighted by Gasteiger charge is -2.10. The molecule has 0 N–H and O–H groups in total. The van der Waals surface area contributed by atoms with Gasteiger partial charge < -0.3 is 4.55 Å². The number of pyridine rings is 1. The topological polar surface area (TPSA) is 36.0 Å². The third-order valence-electron chi connectivity index (χ3n) is 1.02. The van der Waals surface area contributed by atoms with Crippen molar-refractivity contribution < 1.29 is 17.7 Å². The number of hydrogen-bond donors (Lipinski definition) is 0. The molecule has 0 aliphatic heterocycles. The molecule has 1 unspecified atom stereocenters. The van der Waals surface area contributed by atoms with Crippen molar-refractivity contribution in [2.75, 3.05) is 0 Å². The highest BCUT2D eigenvalue weighted by atomic mass is 32.2. The molecule has 1 heterocycles. The van der Waals surface area contributed by atoms with Crippen LogP contribution in [0.5, 0.6) is 0 Å². The Balaban J connectivity index is 2.86. The minimum Gasteiger partial charge on any atom is -0.604 e. The molecular weight excluding hydrogens is 191 g/mol. The summed E-state index contributed by atoms with van der Waals surface area (Å²) in [5, 5.41) is 0. The lowest BCUT2D eigenvalue weighted by Crippen LogP contribution is -2.23. The predicted molar refractivity (Wildman–Crippen MR) is 35.5 cm³/mol. The quantitative estimate of drug-likeness (QED) is 0.635. The fourth-order valence-corrected chi connectivity index (χ4v) is 1.16. The lowest BCUT2D eigenvalue weighted by molar-refractivity contribution is -0.0435. The lowest BCUT2D eigenvalue weighted by atomic mass is 10.5. The monoisotopic (exact) mass is 194 g/mol. The molecule has 0 saturated carbocycles. The fourth-order valence-electron chi connectivity index (χ4n) is 0.552. The third kappa shape index (κ3) is 2.12. The largest absolute Gasteiger partial charge is 0.604 e. The van der Waals surface area contributed by atoms with E-state index in [-0.39, 0.29) is 4.90 Å². The molecule has 0 spiro atoms. The summed E-state index contributed by atoms with van der Waals surface area (Å²) in [5.41, 5.74) is -4.71. The molecule has 1 radical (unpaired) electrons. The van der Waals surface area contributed by atoms with Gasteiger partial charge in [-0.25, -0.2) is 0 Å². The van der Waals surface area contributed by atoms with Gasteiger partial charge in [-0.3, -0.25) is 4.98 Å². The zero-order valence-electron chi connectivity index (χ0n) is 5.63. The van der Waals surface area contributed by atoms with Crippen LogP contribution in [0.15, 0.2) is 23.2 Å². The van der Waals surface area contributed by atoms with Crippen LogP contribution in [0.2, 0.25) is 0 Å². The van der Waals surface area contributed by atoms with Crippen LogP contribution in [-0.4, -0.2) is 15.0 Å². The van der Waals surface area contributed by atoms with Crippen molar-refractivity contribution in [2.24, 2.45) is 0 Å². The molecule has 0 amide bonds. The van der Waals surface area contributed by atoms with Crippen molar-refractivity contribution in [1.82, 2.24) is 4.98 Å². The van der Waals surface area contributed by atoms with Gasteiger partial charge in [0.15, 0.2) is 4.90 Å². The van der Waals surface area contributed by atoms with E-state index in [0.717, 1.165) is 18.3 Å². The summed E-state index contributed by atoms with van der Waals surface area (Å²) in [4.78, 5) is 3.05. The molecule has 0 saturated heterocycles. The maximum absolute atomic E-state index is 11.8. The molecule has 0 bridgehead atoms. The maximum Gasteiger partial charge on any atom is 0.578 e. The maximum atomic E-state index is 11.8. The molecule has 12 heavy (non-hydrogen) atoms. The molecule has 1 aromatic heterocycles. The molecule has 0 aliphatic rings. The van der Waals surface area contributed by atoms with Gasteiger partial charge in [-0.15, -0.1) is 13.2 Å². The molecule has 1 aromatic rings. The van der Waals surface area contributed by atoms with Crippen LogP contribution < -0.4 is 0 Å². The van der Waals surface area contributed by atoms with Crippen molar-refractivity contribution in [1.29, 1.82) is 0 Å². The van der Waals surface area contributed by atoms with Gasteiger partial charge in [-0.05, 0) is 0 Å². The van der Waals surface area contributed by atoms with Crippen LogP contribution in [0.4, 0.5) is 13.2 Å². The Hall–Kier alpha value is -0.750. The molecule has 6 heteroatoms. The van der Waals surface area contributed by atoms with Gasteiger partial charge in [0.05, 0.1) is 17.4 Å². The summed E-state index contributed by atoms with van der Waals surface area (Å²) in [5.74, 6) is 0. The molecule has 65 valence electrons. The zero-order valence-corrected chi connectivity index (χ0v) is 6.45. The summed E-state index contributed by atoms with van der Waals surface area (Å²) in [6.07, 6.45) is 3.28. The SMILES string of the molecule is [O-][S+](c1c[c]ncc1)C(F)(F)F. The second-order valence-electron chi connectivity index (χ2n) is 1.84. The second kappa shape index (κ2) is 3.32. The van der Waals surface area contributed by atoms with E-state index in [4.69, 9.17) is 0 Å². The van der Waals surface area contributed by atoms with E-state index in [1.807, 2.05) is 0 Å². The molecule has 2 nitrogen and oxygen atoms in total. The first-order chi connectivity index (χ1) is 5.52. The predicted octanol–water partition coefficient (Wildman–Crippen LogP) is 1.51. The minimum absolute atomic E-state index is 0.336. The smallest absolute Gasteiger partial charge is 0.578 e. The Labute approximate surface area is 69.6 Å². The highest BCUT2D eigenvalue weighted by Gasteiger charge is 2.45. The summed E-state index contributed by atoms with van der Waals surface area (Å²) in [6.45, 7) is 0. The van der Waals surface area contributed by atoms with Crippen LogP contribution >= 0.6 is 0 Å². The summed E-state index contributed by atoms with van der Waals surface area (Å²) >= 11 is -2.97. The normalized spacial score (nSPS) is 14.3. The van der Waals surface area contributed by atoms with Gasteiger partial charge in [-0.1, -0.05) is 0 Å². The number of halogens is 3. The van der Waals surface area contributed by atoms with E-state index in [0.29, 0.717) is 0 Å². The third-order valence-corrected chi connectivity index (χ3v) is 2.12. The van der Waals surface area contributed by atoms with Crippen molar-refractivity contribution in [2.45, 2.75) is 10.4 Å². The van der Waals surface area contributed by atoms with Gasteiger partial charge >= 0.3 is 5.51 Å². The molecule has 1 rings (SSSR count). The minimum atomic E-state index is -4.71. The Kier molecular flexibility index (Phi) is 2.58. The molecule has 0 aromatic carbocycles. The van der Waals surface area contributed by atoms with Gasteiger partial charge in [0, 0.05) is 18.3 Å². The highest BCUT2D eigenvalue weighted by molar-refractivity contribution is 7.92.